The Morgan fingerprint density at radius 3 is 2.59 bits per heavy atom. The zero-order valence-electron chi connectivity index (χ0n) is 18.8. The Bertz CT molecular complexity index is 1200. The van der Waals surface area contributed by atoms with E-state index in [0.717, 1.165) is 5.56 Å². The van der Waals surface area contributed by atoms with E-state index < -0.39 is 5.91 Å². The molecule has 176 valence electrons. The summed E-state index contributed by atoms with van der Waals surface area (Å²) in [5.74, 6) is 0.465. The number of aromatic nitrogens is 1. The molecular weight excluding hydrogens is 436 g/mol. The lowest BCUT2D eigenvalue weighted by Gasteiger charge is -2.31. The van der Waals surface area contributed by atoms with Crippen LogP contribution in [0, 0.1) is 12.8 Å². The minimum atomic E-state index is -0.562. The summed E-state index contributed by atoms with van der Waals surface area (Å²) < 4.78 is 10.7. The van der Waals surface area contributed by atoms with Gasteiger partial charge in [-0.05, 0) is 49.6 Å². The SMILES string of the molecule is Cc1cc(NC(=O)C2CCN(C(=O)c3cccc(COc4ccccc4C(N)=O)c3)CC2)no1. The first kappa shape index (κ1) is 23.0. The Morgan fingerprint density at radius 1 is 1.12 bits per heavy atom. The molecule has 1 fully saturated rings. The van der Waals surface area contributed by atoms with Crippen LogP contribution in [0.15, 0.2) is 59.1 Å². The first-order valence-electron chi connectivity index (χ1n) is 11.0. The van der Waals surface area contributed by atoms with Crippen molar-refractivity contribution in [1.82, 2.24) is 10.1 Å². The minimum Gasteiger partial charge on any atom is -0.488 e. The molecule has 0 radical (unpaired) electrons. The maximum absolute atomic E-state index is 13.0. The molecule has 1 aliphatic rings. The number of rotatable bonds is 7. The van der Waals surface area contributed by atoms with Crippen LogP contribution in [0.4, 0.5) is 5.82 Å². The number of nitrogens with two attached hydrogens (primary N) is 1. The van der Waals surface area contributed by atoms with Crippen LogP contribution in [0.5, 0.6) is 5.75 Å². The van der Waals surface area contributed by atoms with Crippen molar-refractivity contribution in [2.75, 3.05) is 18.4 Å². The lowest BCUT2D eigenvalue weighted by Crippen LogP contribution is -2.41. The highest BCUT2D eigenvalue weighted by Gasteiger charge is 2.28. The Morgan fingerprint density at radius 2 is 1.88 bits per heavy atom. The van der Waals surface area contributed by atoms with Gasteiger partial charge in [0.15, 0.2) is 5.82 Å². The molecule has 1 saturated heterocycles. The van der Waals surface area contributed by atoms with Gasteiger partial charge < -0.3 is 25.2 Å². The standard InChI is InChI=1S/C25H26N4O5/c1-16-13-22(28-34-16)27-24(31)18-9-11-29(12-10-18)25(32)19-6-4-5-17(14-19)15-33-21-8-3-2-7-20(21)23(26)30/h2-8,13-14,18H,9-12,15H2,1H3,(H2,26,30)(H,27,28,31). The average molecular weight is 463 g/mol. The molecule has 1 aromatic heterocycles. The summed E-state index contributed by atoms with van der Waals surface area (Å²) in [7, 11) is 0. The van der Waals surface area contributed by atoms with E-state index in [-0.39, 0.29) is 24.3 Å². The summed E-state index contributed by atoms with van der Waals surface area (Å²) >= 11 is 0. The molecule has 4 rings (SSSR count). The molecule has 9 heteroatoms. The number of benzene rings is 2. The number of hydrogen-bond donors (Lipinski definition) is 2. The van der Waals surface area contributed by atoms with Crippen LogP contribution >= 0.6 is 0 Å². The lowest BCUT2D eigenvalue weighted by molar-refractivity contribution is -0.121. The predicted octanol–water partition coefficient (Wildman–Crippen LogP) is 3.15. The summed E-state index contributed by atoms with van der Waals surface area (Å²) in [5.41, 5.74) is 7.04. The minimum absolute atomic E-state index is 0.0922. The van der Waals surface area contributed by atoms with Gasteiger partial charge in [0.25, 0.3) is 11.8 Å². The van der Waals surface area contributed by atoms with E-state index in [9.17, 15) is 14.4 Å². The first-order valence-corrected chi connectivity index (χ1v) is 11.0. The lowest BCUT2D eigenvalue weighted by atomic mass is 9.95. The third-order valence-electron chi connectivity index (χ3n) is 5.75. The summed E-state index contributed by atoms with van der Waals surface area (Å²) in [6.45, 7) is 2.92. The number of anilines is 1. The largest absolute Gasteiger partial charge is 0.488 e. The van der Waals surface area contributed by atoms with Crippen LogP contribution in [0.3, 0.4) is 0 Å². The fourth-order valence-electron chi connectivity index (χ4n) is 3.93. The number of para-hydroxylation sites is 1. The van der Waals surface area contributed by atoms with Gasteiger partial charge in [0.2, 0.25) is 5.91 Å². The van der Waals surface area contributed by atoms with Gasteiger partial charge in [-0.25, -0.2) is 0 Å². The van der Waals surface area contributed by atoms with Gasteiger partial charge in [-0.2, -0.15) is 0 Å². The number of piperidine rings is 1. The predicted molar refractivity (Wildman–Crippen MR) is 124 cm³/mol. The summed E-state index contributed by atoms with van der Waals surface area (Å²) in [6.07, 6.45) is 1.14. The molecule has 34 heavy (non-hydrogen) atoms. The van der Waals surface area contributed by atoms with Crippen LogP contribution in [-0.4, -0.2) is 40.9 Å². The van der Waals surface area contributed by atoms with Gasteiger partial charge >= 0.3 is 0 Å². The smallest absolute Gasteiger partial charge is 0.253 e. The van der Waals surface area contributed by atoms with Gasteiger partial charge in [-0.3, -0.25) is 14.4 Å². The molecule has 3 N–H and O–H groups in total. The first-order chi connectivity index (χ1) is 16.4. The normalized spacial score (nSPS) is 14.0. The molecule has 0 spiro atoms. The van der Waals surface area contributed by atoms with Crippen LogP contribution in [0.1, 0.15) is 44.9 Å². The Balaban J connectivity index is 1.33. The van der Waals surface area contributed by atoms with Crippen molar-refractivity contribution >= 4 is 23.5 Å². The maximum atomic E-state index is 13.0. The quantitative estimate of drug-likeness (QED) is 0.555. The second kappa shape index (κ2) is 10.2. The van der Waals surface area contributed by atoms with E-state index in [2.05, 4.69) is 10.5 Å². The molecule has 0 aliphatic carbocycles. The number of primary amides is 1. The van der Waals surface area contributed by atoms with E-state index in [4.69, 9.17) is 15.0 Å². The molecule has 0 unspecified atom stereocenters. The van der Waals surface area contributed by atoms with Crippen LogP contribution in [-0.2, 0) is 11.4 Å². The Labute approximate surface area is 196 Å². The summed E-state index contributed by atoms with van der Waals surface area (Å²) in [4.78, 5) is 38.9. The third kappa shape index (κ3) is 5.43. The number of aryl methyl sites for hydroxylation is 1. The van der Waals surface area contributed by atoms with E-state index in [1.807, 2.05) is 6.07 Å². The number of nitrogens with one attached hydrogen (secondary N) is 1. The fraction of sp³-hybridized carbons (Fsp3) is 0.280. The van der Waals surface area contributed by atoms with Crippen molar-refractivity contribution in [1.29, 1.82) is 0 Å². The Hall–Kier alpha value is -4.14. The highest BCUT2D eigenvalue weighted by molar-refractivity contribution is 5.96. The second-order valence-electron chi connectivity index (χ2n) is 8.23. The third-order valence-corrected chi connectivity index (χ3v) is 5.75. The number of ether oxygens (including phenoxy) is 1. The number of carbonyl (C=O) groups is 3. The van der Waals surface area contributed by atoms with Crippen LogP contribution in [0.2, 0.25) is 0 Å². The molecule has 9 nitrogen and oxygen atoms in total. The van der Waals surface area contributed by atoms with Crippen molar-refractivity contribution in [2.45, 2.75) is 26.4 Å². The average Bonchev–Trinajstić information content (AvgIpc) is 3.27. The molecule has 1 aliphatic heterocycles. The molecule has 3 aromatic rings. The number of hydrogen-bond acceptors (Lipinski definition) is 6. The Kier molecular flexibility index (Phi) is 6.91. The number of likely N-dealkylation sites (tertiary alicyclic amines) is 1. The molecule has 2 heterocycles. The van der Waals surface area contributed by atoms with Crippen molar-refractivity contribution < 1.29 is 23.6 Å². The monoisotopic (exact) mass is 462 g/mol. The number of amides is 3. The summed E-state index contributed by atoms with van der Waals surface area (Å²) in [5, 5.41) is 6.55. The topological polar surface area (TPSA) is 128 Å². The molecule has 2 aromatic carbocycles. The van der Waals surface area contributed by atoms with Gasteiger partial charge in [-0.1, -0.05) is 29.4 Å². The number of carbonyl (C=O) groups excluding carboxylic acids is 3. The van der Waals surface area contributed by atoms with Crippen LogP contribution < -0.4 is 15.8 Å². The fourth-order valence-corrected chi connectivity index (χ4v) is 3.93. The highest BCUT2D eigenvalue weighted by atomic mass is 16.5. The van der Waals surface area contributed by atoms with Crippen molar-refractivity contribution in [3.05, 3.63) is 77.0 Å². The van der Waals surface area contributed by atoms with Crippen molar-refractivity contribution in [2.24, 2.45) is 11.7 Å². The zero-order chi connectivity index (χ0) is 24.1. The molecule has 0 bridgehead atoms. The van der Waals surface area contributed by atoms with Crippen molar-refractivity contribution in [3.8, 4) is 5.75 Å². The van der Waals surface area contributed by atoms with E-state index in [1.54, 1.807) is 60.4 Å². The van der Waals surface area contributed by atoms with E-state index >= 15 is 0 Å². The van der Waals surface area contributed by atoms with Gasteiger partial charge in [0.1, 0.15) is 18.1 Å². The summed E-state index contributed by atoms with van der Waals surface area (Å²) in [6, 6.07) is 15.6. The van der Waals surface area contributed by atoms with Gasteiger partial charge in [0.05, 0.1) is 5.56 Å². The van der Waals surface area contributed by atoms with E-state index in [1.165, 1.54) is 0 Å². The second-order valence-corrected chi connectivity index (χ2v) is 8.23. The number of nitrogens with zero attached hydrogens (tertiary/aromatic N) is 2. The van der Waals surface area contributed by atoms with E-state index in [0.29, 0.717) is 54.4 Å². The van der Waals surface area contributed by atoms with Crippen LogP contribution in [0.25, 0.3) is 0 Å². The van der Waals surface area contributed by atoms with Crippen molar-refractivity contribution in [3.63, 3.8) is 0 Å². The molecule has 0 atom stereocenters. The van der Waals surface area contributed by atoms with Gasteiger partial charge in [0, 0.05) is 30.6 Å². The molecule has 0 saturated carbocycles. The molecular formula is C25H26N4O5. The zero-order valence-corrected chi connectivity index (χ0v) is 18.8. The molecule has 3 amide bonds. The highest BCUT2D eigenvalue weighted by Crippen LogP contribution is 2.22. The maximum Gasteiger partial charge on any atom is 0.253 e. The van der Waals surface area contributed by atoms with Gasteiger partial charge in [-0.15, -0.1) is 0 Å².